The third kappa shape index (κ3) is 4.29. The van der Waals surface area contributed by atoms with E-state index in [1.54, 1.807) is 18.2 Å². The van der Waals surface area contributed by atoms with Gasteiger partial charge in [0.05, 0.1) is 26.6 Å². The summed E-state index contributed by atoms with van der Waals surface area (Å²) in [5.74, 6) is -0.875. The number of oxazole rings is 1. The van der Waals surface area contributed by atoms with Crippen molar-refractivity contribution in [1.29, 1.82) is 0 Å². The molecule has 0 fully saturated rings. The first-order chi connectivity index (χ1) is 12.8. The maximum atomic E-state index is 12.0. The molecule has 0 spiro atoms. The first-order valence-corrected chi connectivity index (χ1v) is 8.63. The highest BCUT2D eigenvalue weighted by molar-refractivity contribution is 6.42. The molecule has 3 rings (SSSR count). The van der Waals surface area contributed by atoms with E-state index in [2.05, 4.69) is 5.32 Å². The smallest absolute Gasteiger partial charge is 0.407 e. The van der Waals surface area contributed by atoms with E-state index in [1.807, 2.05) is 0 Å². The van der Waals surface area contributed by atoms with Gasteiger partial charge in [-0.25, -0.2) is 4.79 Å². The zero-order valence-electron chi connectivity index (χ0n) is 13.8. The molecule has 10 heteroatoms. The minimum absolute atomic E-state index is 0.134. The molecule has 0 aliphatic rings. The highest BCUT2D eigenvalue weighted by atomic mass is 35.5. The Morgan fingerprint density at radius 3 is 2.67 bits per heavy atom. The van der Waals surface area contributed by atoms with Crippen LogP contribution in [0.4, 0.5) is 11.4 Å². The van der Waals surface area contributed by atoms with Gasteiger partial charge in [0, 0.05) is 24.7 Å². The van der Waals surface area contributed by atoms with Crippen LogP contribution in [0.15, 0.2) is 45.6 Å². The molecule has 0 bridgehead atoms. The van der Waals surface area contributed by atoms with Crippen LogP contribution in [0.1, 0.15) is 12.8 Å². The lowest BCUT2D eigenvalue weighted by atomic mass is 10.2. The van der Waals surface area contributed by atoms with Gasteiger partial charge < -0.3 is 9.73 Å². The number of benzene rings is 2. The molecule has 140 valence electrons. The van der Waals surface area contributed by atoms with Crippen LogP contribution in [0.2, 0.25) is 10.0 Å². The molecule has 1 aromatic heterocycles. The molecule has 0 radical (unpaired) electrons. The van der Waals surface area contributed by atoms with Gasteiger partial charge in [-0.15, -0.1) is 0 Å². The number of aromatic nitrogens is 1. The Bertz CT molecular complexity index is 1090. The number of hydrogen-bond donors (Lipinski definition) is 1. The summed E-state index contributed by atoms with van der Waals surface area (Å²) in [6.07, 6.45) is 0.533. The molecule has 1 amide bonds. The summed E-state index contributed by atoms with van der Waals surface area (Å²) in [5.41, 5.74) is 0.932. The lowest BCUT2D eigenvalue weighted by molar-refractivity contribution is -0.384. The summed E-state index contributed by atoms with van der Waals surface area (Å²) in [4.78, 5) is 34.2. The molecule has 1 heterocycles. The average Bonchev–Trinajstić information content (AvgIpc) is 2.93. The molecule has 0 saturated heterocycles. The molecule has 0 atom stereocenters. The summed E-state index contributed by atoms with van der Waals surface area (Å²) in [6.45, 7) is 0.235. The maximum absolute atomic E-state index is 12.0. The molecular weight excluding hydrogens is 397 g/mol. The minimum atomic E-state index is -0.629. The van der Waals surface area contributed by atoms with Gasteiger partial charge in [-0.1, -0.05) is 23.2 Å². The Hall–Kier alpha value is -2.84. The van der Waals surface area contributed by atoms with Crippen molar-refractivity contribution in [3.8, 4) is 0 Å². The van der Waals surface area contributed by atoms with Crippen LogP contribution in [-0.4, -0.2) is 15.4 Å². The monoisotopic (exact) mass is 409 g/mol. The fourth-order valence-corrected chi connectivity index (χ4v) is 2.87. The number of nitrogens with zero attached hydrogens (tertiary/aromatic N) is 2. The summed E-state index contributed by atoms with van der Waals surface area (Å²) in [7, 11) is 0. The molecule has 0 unspecified atom stereocenters. The largest absolute Gasteiger partial charge is 0.419 e. The number of anilines is 1. The topological polar surface area (TPSA) is 107 Å². The van der Waals surface area contributed by atoms with E-state index < -0.39 is 10.7 Å². The van der Waals surface area contributed by atoms with Gasteiger partial charge in [0.15, 0.2) is 5.58 Å². The molecule has 0 aliphatic heterocycles. The lowest BCUT2D eigenvalue weighted by Gasteiger charge is -2.06. The predicted molar refractivity (Wildman–Crippen MR) is 101 cm³/mol. The van der Waals surface area contributed by atoms with Crippen LogP contribution >= 0.6 is 23.2 Å². The highest BCUT2D eigenvalue weighted by Crippen LogP contribution is 2.25. The van der Waals surface area contributed by atoms with Crippen LogP contribution < -0.4 is 11.1 Å². The van der Waals surface area contributed by atoms with E-state index in [0.717, 1.165) is 0 Å². The number of aryl methyl sites for hydroxylation is 1. The van der Waals surface area contributed by atoms with E-state index in [0.29, 0.717) is 27.7 Å². The Morgan fingerprint density at radius 1 is 1.19 bits per heavy atom. The van der Waals surface area contributed by atoms with Gasteiger partial charge in [-0.3, -0.25) is 19.5 Å². The number of rotatable bonds is 6. The normalized spacial score (nSPS) is 10.9. The zero-order chi connectivity index (χ0) is 19.6. The van der Waals surface area contributed by atoms with Crippen LogP contribution in [0.3, 0.4) is 0 Å². The second kappa shape index (κ2) is 7.81. The number of fused-ring (bicyclic) bond motifs is 1. The van der Waals surface area contributed by atoms with Crippen molar-refractivity contribution in [1.82, 2.24) is 4.57 Å². The predicted octanol–water partition coefficient (Wildman–Crippen LogP) is 4.23. The summed E-state index contributed by atoms with van der Waals surface area (Å²) < 4.78 is 6.38. The fraction of sp³-hybridized carbons (Fsp3) is 0.176. The molecule has 3 aromatic rings. The van der Waals surface area contributed by atoms with Gasteiger partial charge in [0.2, 0.25) is 5.91 Å². The second-order valence-corrected chi connectivity index (χ2v) is 6.52. The molecule has 0 aliphatic carbocycles. The van der Waals surface area contributed by atoms with Crippen LogP contribution in [0.5, 0.6) is 0 Å². The third-order valence-electron chi connectivity index (χ3n) is 3.85. The Morgan fingerprint density at radius 2 is 1.96 bits per heavy atom. The van der Waals surface area contributed by atoms with Crippen LogP contribution in [0.25, 0.3) is 11.1 Å². The zero-order valence-corrected chi connectivity index (χ0v) is 15.3. The standard InChI is InChI=1S/C17H13Cl2N3O5/c18-12-5-3-10(8-13(12)19)20-16(23)2-1-7-21-14-6-4-11(22(25)26)9-15(14)27-17(21)24/h3-6,8-9H,1-2,7H2,(H,20,23). The summed E-state index contributed by atoms with van der Waals surface area (Å²) in [5, 5.41) is 14.2. The Balaban J connectivity index is 1.64. The molecule has 0 saturated carbocycles. The van der Waals surface area contributed by atoms with Crippen molar-refractivity contribution in [2.75, 3.05) is 5.32 Å². The average molecular weight is 410 g/mol. The van der Waals surface area contributed by atoms with Gasteiger partial charge in [0.25, 0.3) is 5.69 Å². The van der Waals surface area contributed by atoms with E-state index >= 15 is 0 Å². The second-order valence-electron chi connectivity index (χ2n) is 5.71. The van der Waals surface area contributed by atoms with Crippen molar-refractivity contribution >= 4 is 51.6 Å². The number of carbonyl (C=O) groups is 1. The van der Waals surface area contributed by atoms with E-state index in [9.17, 15) is 19.7 Å². The molecule has 8 nitrogen and oxygen atoms in total. The van der Waals surface area contributed by atoms with Crippen LogP contribution in [-0.2, 0) is 11.3 Å². The number of amides is 1. The number of hydrogen-bond acceptors (Lipinski definition) is 5. The SMILES string of the molecule is O=C(CCCn1c(=O)oc2cc([N+](=O)[O-])ccc21)Nc1ccc(Cl)c(Cl)c1. The number of non-ortho nitro benzene ring substituents is 1. The first-order valence-electron chi connectivity index (χ1n) is 7.88. The third-order valence-corrected chi connectivity index (χ3v) is 4.59. The molecule has 27 heavy (non-hydrogen) atoms. The van der Waals surface area contributed by atoms with Gasteiger partial charge in [-0.05, 0) is 30.7 Å². The molecular formula is C17H13Cl2N3O5. The van der Waals surface area contributed by atoms with Crippen molar-refractivity contribution in [2.45, 2.75) is 19.4 Å². The first kappa shape index (κ1) is 18.9. The Kier molecular flexibility index (Phi) is 5.48. The van der Waals surface area contributed by atoms with Gasteiger partial charge in [-0.2, -0.15) is 0 Å². The number of halogens is 2. The fourth-order valence-electron chi connectivity index (χ4n) is 2.58. The maximum Gasteiger partial charge on any atom is 0.419 e. The number of nitrogens with one attached hydrogen (secondary N) is 1. The number of nitro groups is 1. The number of carbonyl (C=O) groups excluding carboxylic acids is 1. The highest BCUT2D eigenvalue weighted by Gasteiger charge is 2.14. The van der Waals surface area contributed by atoms with Crippen molar-refractivity contribution in [2.24, 2.45) is 0 Å². The summed E-state index contributed by atoms with van der Waals surface area (Å²) >= 11 is 11.7. The molecule has 2 aromatic carbocycles. The number of nitro benzene ring substituents is 1. The van der Waals surface area contributed by atoms with E-state index in [-0.39, 0.29) is 30.1 Å². The lowest BCUT2D eigenvalue weighted by Crippen LogP contribution is -2.17. The summed E-state index contributed by atoms with van der Waals surface area (Å²) in [6, 6.07) is 8.70. The van der Waals surface area contributed by atoms with E-state index in [1.165, 1.54) is 22.8 Å². The van der Waals surface area contributed by atoms with Gasteiger partial charge >= 0.3 is 5.76 Å². The van der Waals surface area contributed by atoms with Crippen molar-refractivity contribution in [3.05, 3.63) is 67.1 Å². The van der Waals surface area contributed by atoms with Crippen molar-refractivity contribution < 1.29 is 14.1 Å². The Labute approximate surface area is 162 Å². The van der Waals surface area contributed by atoms with E-state index in [4.69, 9.17) is 27.6 Å². The molecule has 1 N–H and O–H groups in total. The van der Waals surface area contributed by atoms with Crippen LogP contribution in [0, 0.1) is 10.1 Å². The van der Waals surface area contributed by atoms with Gasteiger partial charge in [0.1, 0.15) is 0 Å². The van der Waals surface area contributed by atoms with Crippen molar-refractivity contribution in [3.63, 3.8) is 0 Å². The minimum Gasteiger partial charge on any atom is -0.407 e. The quantitative estimate of drug-likeness (QED) is 0.484.